The van der Waals surface area contributed by atoms with Gasteiger partial charge in [0.15, 0.2) is 0 Å². The molecule has 6 heteroatoms. The maximum absolute atomic E-state index is 12.5. The maximum atomic E-state index is 12.5. The molecule has 106 valence electrons. The van der Waals surface area contributed by atoms with Crippen LogP contribution in [0.3, 0.4) is 0 Å². The molecule has 5 nitrogen and oxygen atoms in total. The van der Waals surface area contributed by atoms with Gasteiger partial charge in [-0.05, 0) is 32.2 Å². The van der Waals surface area contributed by atoms with Crippen LogP contribution in [0.5, 0.6) is 0 Å². The second-order valence-corrected chi connectivity index (χ2v) is 7.43. The van der Waals surface area contributed by atoms with Gasteiger partial charge in [0.1, 0.15) is 0 Å². The molecular weight excluding hydrogens is 250 g/mol. The molecule has 2 aliphatic heterocycles. The van der Waals surface area contributed by atoms with Gasteiger partial charge in [-0.3, -0.25) is 0 Å². The first-order valence-corrected chi connectivity index (χ1v) is 8.45. The lowest BCUT2D eigenvalue weighted by Gasteiger charge is -2.28. The number of rotatable bonds is 4. The molecule has 0 bridgehead atoms. The lowest BCUT2D eigenvalue weighted by molar-refractivity contribution is 0.349. The van der Waals surface area contributed by atoms with Crippen molar-refractivity contribution in [2.45, 2.75) is 44.6 Å². The van der Waals surface area contributed by atoms with Crippen LogP contribution in [-0.4, -0.2) is 56.3 Å². The van der Waals surface area contributed by atoms with E-state index in [2.05, 4.69) is 5.32 Å². The molecule has 0 radical (unpaired) electrons. The highest BCUT2D eigenvalue weighted by Crippen LogP contribution is 2.16. The first-order valence-electron chi connectivity index (χ1n) is 7.05. The van der Waals surface area contributed by atoms with Crippen LogP contribution in [-0.2, 0) is 10.2 Å². The lowest BCUT2D eigenvalue weighted by Crippen LogP contribution is -2.46. The normalized spacial score (nSPS) is 27.6. The van der Waals surface area contributed by atoms with Gasteiger partial charge in [-0.15, -0.1) is 0 Å². The van der Waals surface area contributed by atoms with Gasteiger partial charge in [0, 0.05) is 32.7 Å². The van der Waals surface area contributed by atoms with Gasteiger partial charge in [0.05, 0.1) is 0 Å². The third-order valence-electron chi connectivity index (χ3n) is 3.93. The highest BCUT2D eigenvalue weighted by atomic mass is 32.2. The van der Waals surface area contributed by atoms with E-state index in [0.29, 0.717) is 25.7 Å². The van der Waals surface area contributed by atoms with Crippen LogP contribution in [0.2, 0.25) is 0 Å². The molecule has 0 amide bonds. The summed E-state index contributed by atoms with van der Waals surface area (Å²) in [6.07, 6.45) is 6.53. The predicted octanol–water partition coefficient (Wildman–Crippen LogP) is 0.791. The highest BCUT2D eigenvalue weighted by molar-refractivity contribution is 7.86. The van der Waals surface area contributed by atoms with Gasteiger partial charge in [-0.25, -0.2) is 0 Å². The molecule has 18 heavy (non-hydrogen) atoms. The van der Waals surface area contributed by atoms with E-state index in [0.717, 1.165) is 45.1 Å². The molecule has 0 aromatic heterocycles. The topological polar surface area (TPSA) is 52.7 Å². The van der Waals surface area contributed by atoms with E-state index in [1.807, 2.05) is 0 Å². The fourth-order valence-corrected chi connectivity index (χ4v) is 4.27. The van der Waals surface area contributed by atoms with E-state index in [1.165, 1.54) is 4.31 Å². The van der Waals surface area contributed by atoms with Crippen molar-refractivity contribution in [3.05, 3.63) is 0 Å². The maximum Gasteiger partial charge on any atom is 0.281 e. The van der Waals surface area contributed by atoms with Gasteiger partial charge in [0.25, 0.3) is 10.2 Å². The zero-order chi connectivity index (χ0) is 13.0. The predicted molar refractivity (Wildman–Crippen MR) is 72.6 cm³/mol. The van der Waals surface area contributed by atoms with Gasteiger partial charge in [0.2, 0.25) is 0 Å². The molecule has 2 fully saturated rings. The summed E-state index contributed by atoms with van der Waals surface area (Å²) in [5, 5.41) is 3.35. The summed E-state index contributed by atoms with van der Waals surface area (Å²) in [6.45, 7) is 2.98. The van der Waals surface area contributed by atoms with E-state index in [1.54, 1.807) is 11.4 Å². The monoisotopic (exact) mass is 275 g/mol. The Morgan fingerprint density at radius 3 is 2.39 bits per heavy atom. The molecule has 0 saturated carbocycles. The van der Waals surface area contributed by atoms with Crippen molar-refractivity contribution >= 4 is 10.2 Å². The van der Waals surface area contributed by atoms with Crippen LogP contribution in [0, 0.1) is 0 Å². The Kier molecular flexibility index (Phi) is 5.00. The lowest BCUT2D eigenvalue weighted by atomic mass is 10.2. The summed E-state index contributed by atoms with van der Waals surface area (Å²) in [4.78, 5) is 0. The van der Waals surface area contributed by atoms with Crippen molar-refractivity contribution in [1.82, 2.24) is 13.9 Å². The van der Waals surface area contributed by atoms with Crippen molar-refractivity contribution in [3.63, 3.8) is 0 Å². The van der Waals surface area contributed by atoms with Crippen molar-refractivity contribution in [1.29, 1.82) is 0 Å². The quantitative estimate of drug-likeness (QED) is 0.825. The van der Waals surface area contributed by atoms with Gasteiger partial charge in [-0.1, -0.05) is 12.8 Å². The first-order chi connectivity index (χ1) is 8.60. The Morgan fingerprint density at radius 2 is 1.83 bits per heavy atom. The van der Waals surface area contributed by atoms with E-state index >= 15 is 0 Å². The van der Waals surface area contributed by atoms with Crippen LogP contribution < -0.4 is 5.32 Å². The van der Waals surface area contributed by atoms with E-state index in [-0.39, 0.29) is 0 Å². The smallest absolute Gasteiger partial charge is 0.281 e. The Labute approximate surface area is 111 Å². The Morgan fingerprint density at radius 1 is 1.17 bits per heavy atom. The van der Waals surface area contributed by atoms with Gasteiger partial charge in [-0.2, -0.15) is 17.0 Å². The van der Waals surface area contributed by atoms with Crippen LogP contribution in [0.25, 0.3) is 0 Å². The zero-order valence-electron chi connectivity index (χ0n) is 11.3. The molecule has 1 N–H and O–H groups in total. The van der Waals surface area contributed by atoms with Gasteiger partial charge < -0.3 is 5.32 Å². The molecule has 2 saturated heterocycles. The molecule has 0 aromatic carbocycles. The fourth-order valence-electron chi connectivity index (χ4n) is 2.79. The Bertz CT molecular complexity index is 344. The van der Waals surface area contributed by atoms with Gasteiger partial charge >= 0.3 is 0 Å². The molecule has 2 aliphatic rings. The summed E-state index contributed by atoms with van der Waals surface area (Å²) >= 11 is 0. The third kappa shape index (κ3) is 3.44. The minimum Gasteiger partial charge on any atom is -0.313 e. The van der Waals surface area contributed by atoms with E-state index in [9.17, 15) is 8.42 Å². The molecule has 1 unspecified atom stereocenters. The van der Waals surface area contributed by atoms with Crippen molar-refractivity contribution in [3.8, 4) is 0 Å². The Hall–Kier alpha value is -0.170. The van der Waals surface area contributed by atoms with Crippen LogP contribution in [0.15, 0.2) is 0 Å². The van der Waals surface area contributed by atoms with Crippen molar-refractivity contribution in [2.75, 3.05) is 33.2 Å². The van der Waals surface area contributed by atoms with Crippen molar-refractivity contribution in [2.24, 2.45) is 0 Å². The first kappa shape index (κ1) is 14.2. The Balaban J connectivity index is 1.94. The minimum absolute atomic E-state index is 0.330. The number of hydrogen-bond acceptors (Lipinski definition) is 3. The van der Waals surface area contributed by atoms with Crippen LogP contribution >= 0.6 is 0 Å². The summed E-state index contributed by atoms with van der Waals surface area (Å²) < 4.78 is 28.1. The average Bonchev–Trinajstić information content (AvgIpc) is 2.68. The average molecular weight is 275 g/mol. The zero-order valence-corrected chi connectivity index (χ0v) is 12.1. The SMILES string of the molecule is CN(CC1CCCN1)S(=O)(=O)N1CCCCCC1. The standard InChI is InChI=1S/C12H25N3O2S/c1-14(11-12-7-6-8-13-12)18(16,17)15-9-4-2-3-5-10-15/h12-13H,2-11H2,1H3. The number of nitrogens with zero attached hydrogens (tertiary/aromatic N) is 2. The minimum atomic E-state index is -3.25. The largest absolute Gasteiger partial charge is 0.313 e. The van der Waals surface area contributed by atoms with Crippen molar-refractivity contribution < 1.29 is 8.42 Å². The second-order valence-electron chi connectivity index (χ2n) is 5.39. The third-order valence-corrected chi connectivity index (χ3v) is 5.88. The molecule has 2 heterocycles. The molecule has 0 aromatic rings. The molecular formula is C12H25N3O2S. The van der Waals surface area contributed by atoms with E-state index in [4.69, 9.17) is 0 Å². The molecule has 0 aliphatic carbocycles. The summed E-state index contributed by atoms with van der Waals surface area (Å²) in [5.74, 6) is 0. The van der Waals surface area contributed by atoms with Crippen LogP contribution in [0.4, 0.5) is 0 Å². The summed E-state index contributed by atoms with van der Waals surface area (Å²) in [7, 11) is -1.54. The highest BCUT2D eigenvalue weighted by Gasteiger charge is 2.29. The summed E-state index contributed by atoms with van der Waals surface area (Å²) in [5.41, 5.74) is 0. The second kappa shape index (κ2) is 6.32. The molecule has 0 spiro atoms. The molecule has 1 atom stereocenters. The molecule has 2 rings (SSSR count). The van der Waals surface area contributed by atoms with Crippen LogP contribution in [0.1, 0.15) is 38.5 Å². The number of likely N-dealkylation sites (N-methyl/N-ethyl adjacent to an activating group) is 1. The summed E-state index contributed by atoms with van der Waals surface area (Å²) in [6, 6.07) is 0.330. The number of nitrogens with one attached hydrogen (secondary N) is 1. The fraction of sp³-hybridized carbons (Fsp3) is 1.00. The van der Waals surface area contributed by atoms with E-state index < -0.39 is 10.2 Å². The number of hydrogen-bond donors (Lipinski definition) is 1.